The van der Waals surface area contributed by atoms with Gasteiger partial charge in [0, 0.05) is 24.8 Å². The van der Waals surface area contributed by atoms with Gasteiger partial charge in [0.15, 0.2) is 0 Å². The van der Waals surface area contributed by atoms with Gasteiger partial charge < -0.3 is 9.80 Å². The molecule has 11 heteroatoms. The number of hydrogen-bond acceptors (Lipinski definition) is 5. The average Bonchev–Trinajstić information content (AvgIpc) is 3.49. The van der Waals surface area contributed by atoms with Crippen LogP contribution in [0.2, 0.25) is 0 Å². The number of hydrogen-bond donors (Lipinski definition) is 2. The minimum absolute atomic E-state index is 0.0723. The van der Waals surface area contributed by atoms with Gasteiger partial charge in [-0.2, -0.15) is 13.2 Å². The van der Waals surface area contributed by atoms with Crippen LogP contribution in [-0.4, -0.2) is 59.8 Å². The van der Waals surface area contributed by atoms with Crippen molar-refractivity contribution in [3.05, 3.63) is 69.6 Å². The zero-order chi connectivity index (χ0) is 27.9. The molecule has 206 valence electrons. The van der Waals surface area contributed by atoms with Crippen molar-refractivity contribution < 1.29 is 18.0 Å². The molecule has 2 N–H and O–H groups in total. The van der Waals surface area contributed by atoms with Crippen LogP contribution in [-0.2, 0) is 6.18 Å². The van der Waals surface area contributed by atoms with E-state index >= 15 is 0 Å². The normalized spacial score (nSPS) is 17.8. The van der Waals surface area contributed by atoms with Gasteiger partial charge in [0.05, 0.1) is 5.56 Å². The number of carbonyl (C=O) groups is 1. The number of amides is 2. The summed E-state index contributed by atoms with van der Waals surface area (Å²) in [6, 6.07) is 10.8. The summed E-state index contributed by atoms with van der Waals surface area (Å²) in [4.78, 5) is 23.0. The van der Waals surface area contributed by atoms with E-state index in [0.717, 1.165) is 34.9 Å². The van der Waals surface area contributed by atoms with E-state index in [1.54, 1.807) is 17.0 Å². The van der Waals surface area contributed by atoms with Crippen molar-refractivity contribution in [2.75, 3.05) is 47.6 Å². The van der Waals surface area contributed by atoms with Crippen LogP contribution in [0.3, 0.4) is 0 Å². The Kier molecular flexibility index (Phi) is 7.55. The summed E-state index contributed by atoms with van der Waals surface area (Å²) in [6.07, 6.45) is -0.0198. The Morgan fingerprint density at radius 2 is 1.77 bits per heavy atom. The van der Waals surface area contributed by atoms with Crippen LogP contribution in [0.15, 0.2) is 58.1 Å². The third kappa shape index (κ3) is 5.74. The number of nitrogens with zero attached hydrogens (tertiary/aromatic N) is 4. The summed E-state index contributed by atoms with van der Waals surface area (Å²) in [5, 5.41) is 5.25. The van der Waals surface area contributed by atoms with Crippen molar-refractivity contribution in [3.63, 3.8) is 0 Å². The Morgan fingerprint density at radius 1 is 1.08 bits per heavy atom. The fourth-order valence-electron chi connectivity index (χ4n) is 5.03. The molecule has 2 amide bonds. The topological polar surface area (TPSA) is 72.9 Å². The summed E-state index contributed by atoms with van der Waals surface area (Å²) >= 11 is -1.55. The molecule has 0 spiro atoms. The van der Waals surface area contributed by atoms with Crippen molar-refractivity contribution in [2.24, 2.45) is 3.21 Å². The minimum atomic E-state index is -4.55. The molecule has 7 nitrogen and oxygen atoms in total. The molecule has 0 aliphatic carbocycles. The third-order valence-electron chi connectivity index (χ3n) is 7.06. The van der Waals surface area contributed by atoms with Crippen molar-refractivity contribution >= 4 is 48.9 Å². The number of alkyl halides is 4. The molecule has 3 aromatic rings. The number of fused-ring (bicyclic) bond motifs is 1. The molecular weight excluding hydrogens is 620 g/mol. The summed E-state index contributed by atoms with van der Waals surface area (Å²) in [5.41, 5.74) is 4.09. The molecule has 2 aliphatic rings. The molecule has 1 fully saturated rings. The summed E-state index contributed by atoms with van der Waals surface area (Å²) < 4.78 is 47.9. The molecule has 0 saturated carbocycles. The van der Waals surface area contributed by atoms with Gasteiger partial charge in [-0.15, -0.1) is 0 Å². The second-order valence-corrected chi connectivity index (χ2v) is 14.1. The van der Waals surface area contributed by atoms with Crippen LogP contribution in [0, 0.1) is 3.57 Å². The van der Waals surface area contributed by atoms with Crippen molar-refractivity contribution in [1.82, 2.24) is 9.88 Å². The molecule has 39 heavy (non-hydrogen) atoms. The molecule has 5 rings (SSSR count). The summed E-state index contributed by atoms with van der Waals surface area (Å²) in [6.45, 7) is 3.09. The number of likely N-dealkylation sites (N-methyl/N-ethyl adjacent to an activating group) is 1. The van der Waals surface area contributed by atoms with Crippen LogP contribution in [0.25, 0.3) is 11.1 Å². The van der Waals surface area contributed by atoms with Gasteiger partial charge in [-0.3, -0.25) is 0 Å². The summed E-state index contributed by atoms with van der Waals surface area (Å²) in [5.74, 6) is 0. The molecule has 0 bridgehead atoms. The zero-order valence-corrected chi connectivity index (χ0v) is 24.3. The fraction of sp³-hybridized carbons (Fsp3) is 0.321. The van der Waals surface area contributed by atoms with Crippen LogP contribution in [0.4, 0.5) is 35.0 Å². The van der Waals surface area contributed by atoms with Gasteiger partial charge in [-0.1, -0.05) is 0 Å². The van der Waals surface area contributed by atoms with Crippen molar-refractivity contribution in [2.45, 2.75) is 25.6 Å². The third-order valence-corrected chi connectivity index (χ3v) is 11.0. The number of urea groups is 1. The van der Waals surface area contributed by atoms with Gasteiger partial charge in [-0.25, -0.2) is 0 Å². The SMILES string of the molecule is CC1=NI(C)c2cncc(-c3ccc(NC(=O)Nc4ccc(N5CCC(N(C)C)C5)c(C(F)(F)F)c4)cc3)c21. The number of anilines is 3. The van der Waals surface area contributed by atoms with Crippen molar-refractivity contribution in [1.29, 1.82) is 0 Å². The first kappa shape index (κ1) is 27.4. The fourth-order valence-corrected chi connectivity index (χ4v) is 8.64. The number of rotatable bonds is 5. The Morgan fingerprint density at radius 3 is 2.44 bits per heavy atom. The number of pyridine rings is 1. The molecule has 1 aromatic heterocycles. The second-order valence-electron chi connectivity index (χ2n) is 9.89. The molecular formula is C28H30F3IN6O. The number of nitrogens with one attached hydrogen (secondary N) is 2. The Balaban J connectivity index is 1.29. The second kappa shape index (κ2) is 10.8. The van der Waals surface area contributed by atoms with E-state index in [2.05, 4.69) is 20.5 Å². The molecule has 2 aromatic carbocycles. The molecule has 1 unspecified atom stereocenters. The van der Waals surface area contributed by atoms with Gasteiger partial charge in [0.1, 0.15) is 0 Å². The van der Waals surface area contributed by atoms with E-state index in [0.29, 0.717) is 18.8 Å². The molecule has 1 atom stereocenters. The monoisotopic (exact) mass is 650 g/mol. The number of halogens is 4. The molecule has 0 radical (unpaired) electrons. The number of benzene rings is 2. The maximum atomic E-state index is 14.0. The van der Waals surface area contributed by atoms with Crippen LogP contribution in [0.5, 0.6) is 0 Å². The standard InChI is InChI=1S/C28H30F3IN6O/c1-17-26-22(14-33-15-24(26)32(2)36-17)18-5-7-19(8-6-18)34-27(39)35-20-9-10-25(23(13-20)28(29,30)31)38-12-11-21(16-38)37(3)4/h5-10,13-15,21H,11-12,16H2,1-4H3,(H2,34,35,39). The van der Waals surface area contributed by atoms with Crippen LogP contribution in [0.1, 0.15) is 24.5 Å². The average molecular weight is 650 g/mol. The van der Waals surface area contributed by atoms with E-state index in [1.807, 2.05) is 50.4 Å². The first-order chi connectivity index (χ1) is 18.5. The van der Waals surface area contributed by atoms with E-state index in [-0.39, 0.29) is 17.4 Å². The maximum absolute atomic E-state index is 14.0. The van der Waals surface area contributed by atoms with Crippen LogP contribution < -0.4 is 15.5 Å². The van der Waals surface area contributed by atoms with Gasteiger partial charge in [0.2, 0.25) is 0 Å². The zero-order valence-electron chi connectivity index (χ0n) is 22.1. The Hall–Kier alpha value is -3.19. The summed E-state index contributed by atoms with van der Waals surface area (Å²) in [7, 11) is 3.86. The van der Waals surface area contributed by atoms with Crippen LogP contribution >= 0.6 is 20.1 Å². The Labute approximate surface area is 233 Å². The molecule has 3 heterocycles. The quantitative estimate of drug-likeness (QED) is 0.242. The predicted octanol–water partition coefficient (Wildman–Crippen LogP) is 6.60. The number of aromatic nitrogens is 1. The molecule has 1 saturated heterocycles. The van der Waals surface area contributed by atoms with E-state index < -0.39 is 37.9 Å². The first-order valence-corrected chi connectivity index (χ1v) is 16.7. The van der Waals surface area contributed by atoms with Gasteiger partial charge >= 0.3 is 154 Å². The number of carbonyl (C=O) groups excluding carboxylic acids is 1. The van der Waals surface area contributed by atoms with E-state index in [1.165, 1.54) is 15.7 Å². The van der Waals surface area contributed by atoms with Crippen molar-refractivity contribution in [3.8, 4) is 11.1 Å². The first-order valence-electron chi connectivity index (χ1n) is 12.5. The Bertz CT molecular complexity index is 1420. The van der Waals surface area contributed by atoms with E-state index in [4.69, 9.17) is 3.21 Å². The molecule has 2 aliphatic heterocycles. The predicted molar refractivity (Wildman–Crippen MR) is 159 cm³/mol. The van der Waals surface area contributed by atoms with Gasteiger partial charge in [0.25, 0.3) is 0 Å². The van der Waals surface area contributed by atoms with Gasteiger partial charge in [-0.05, 0) is 26.6 Å². The van der Waals surface area contributed by atoms with E-state index in [9.17, 15) is 18.0 Å².